The molecular formula is C27H19ClN6OS. The molecule has 0 aliphatic heterocycles. The molecule has 0 aliphatic carbocycles. The molecule has 0 bridgehead atoms. The molecule has 3 aromatic heterocycles. The third-order valence-corrected chi connectivity index (χ3v) is 6.98. The molecule has 36 heavy (non-hydrogen) atoms. The van der Waals surface area contributed by atoms with Gasteiger partial charge < -0.3 is 4.52 Å². The molecule has 176 valence electrons. The number of hydrogen-bond donors (Lipinski definition) is 0. The molecule has 0 unspecified atom stereocenters. The van der Waals surface area contributed by atoms with Crippen molar-refractivity contribution in [2.75, 3.05) is 0 Å². The van der Waals surface area contributed by atoms with Crippen LogP contribution in [0, 0.1) is 13.8 Å². The van der Waals surface area contributed by atoms with Gasteiger partial charge in [0.05, 0.1) is 22.5 Å². The number of thiazole rings is 1. The third kappa shape index (κ3) is 4.10. The van der Waals surface area contributed by atoms with E-state index in [0.717, 1.165) is 39.3 Å². The molecule has 7 nitrogen and oxygen atoms in total. The van der Waals surface area contributed by atoms with E-state index in [1.807, 2.05) is 92.7 Å². The van der Waals surface area contributed by atoms with Crippen molar-refractivity contribution in [3.05, 3.63) is 95.1 Å². The maximum absolute atomic E-state index is 6.19. The minimum Gasteiger partial charge on any atom is -0.334 e. The Hall–Kier alpha value is -4.14. The van der Waals surface area contributed by atoms with Crippen molar-refractivity contribution in [2.24, 2.45) is 10.2 Å². The number of fused-ring (bicyclic) bond motifs is 1. The first-order chi connectivity index (χ1) is 17.6. The third-order valence-electron chi connectivity index (χ3n) is 5.71. The molecule has 0 atom stereocenters. The van der Waals surface area contributed by atoms with E-state index in [-0.39, 0.29) is 0 Å². The number of aromatic nitrogens is 4. The molecule has 6 aromatic rings. The second kappa shape index (κ2) is 9.14. The number of azo groups is 1. The second-order valence-electron chi connectivity index (χ2n) is 8.27. The van der Waals surface area contributed by atoms with Crippen LogP contribution in [0.2, 0.25) is 5.02 Å². The fourth-order valence-corrected chi connectivity index (χ4v) is 4.86. The summed E-state index contributed by atoms with van der Waals surface area (Å²) in [6.45, 7) is 3.95. The minimum absolute atomic E-state index is 0.425. The molecular weight excluding hydrogens is 492 g/mol. The van der Waals surface area contributed by atoms with Gasteiger partial charge in [-0.25, -0.2) is 9.67 Å². The van der Waals surface area contributed by atoms with Crippen molar-refractivity contribution in [3.8, 4) is 27.6 Å². The van der Waals surface area contributed by atoms with Crippen LogP contribution in [0.25, 0.3) is 38.7 Å². The number of benzene rings is 3. The first-order valence-electron chi connectivity index (χ1n) is 11.2. The van der Waals surface area contributed by atoms with E-state index in [9.17, 15) is 0 Å². The number of halogens is 1. The van der Waals surface area contributed by atoms with Crippen molar-refractivity contribution >= 4 is 44.7 Å². The van der Waals surface area contributed by atoms with Crippen molar-refractivity contribution in [1.29, 1.82) is 0 Å². The lowest BCUT2D eigenvalue weighted by atomic mass is 10.0. The van der Waals surface area contributed by atoms with Gasteiger partial charge in [-0.3, -0.25) is 0 Å². The van der Waals surface area contributed by atoms with Crippen LogP contribution < -0.4 is 0 Å². The lowest BCUT2D eigenvalue weighted by Crippen LogP contribution is -1.99. The number of aryl methyl sites for hydroxylation is 2. The van der Waals surface area contributed by atoms with E-state index in [2.05, 4.69) is 15.4 Å². The summed E-state index contributed by atoms with van der Waals surface area (Å²) in [5.41, 5.74) is 6.54. The summed E-state index contributed by atoms with van der Waals surface area (Å²) in [6.07, 6.45) is 0. The van der Waals surface area contributed by atoms with E-state index in [0.29, 0.717) is 20.9 Å². The van der Waals surface area contributed by atoms with Crippen molar-refractivity contribution in [1.82, 2.24) is 19.9 Å². The summed E-state index contributed by atoms with van der Waals surface area (Å²) in [7, 11) is 0. The Morgan fingerprint density at radius 1 is 0.861 bits per heavy atom. The van der Waals surface area contributed by atoms with Crippen LogP contribution in [0.4, 0.5) is 10.7 Å². The van der Waals surface area contributed by atoms with Gasteiger partial charge in [0, 0.05) is 16.1 Å². The Morgan fingerprint density at radius 2 is 1.61 bits per heavy atom. The first-order valence-corrected chi connectivity index (χ1v) is 12.4. The van der Waals surface area contributed by atoms with Crippen LogP contribution in [-0.2, 0) is 0 Å². The second-order valence-corrected chi connectivity index (χ2v) is 9.66. The zero-order valence-corrected chi connectivity index (χ0v) is 21.0. The average Bonchev–Trinajstić information content (AvgIpc) is 3.58. The van der Waals surface area contributed by atoms with Gasteiger partial charge in [0.25, 0.3) is 5.71 Å². The minimum atomic E-state index is 0.425. The molecule has 3 heterocycles. The molecule has 0 saturated heterocycles. The van der Waals surface area contributed by atoms with Crippen LogP contribution in [0.5, 0.6) is 0 Å². The van der Waals surface area contributed by atoms with E-state index < -0.39 is 0 Å². The van der Waals surface area contributed by atoms with Crippen LogP contribution in [0.3, 0.4) is 0 Å². The van der Waals surface area contributed by atoms with Gasteiger partial charge in [0.15, 0.2) is 5.00 Å². The van der Waals surface area contributed by atoms with Gasteiger partial charge in [0.2, 0.25) is 5.13 Å². The predicted molar refractivity (Wildman–Crippen MR) is 143 cm³/mol. The van der Waals surface area contributed by atoms with E-state index >= 15 is 0 Å². The zero-order valence-electron chi connectivity index (χ0n) is 19.4. The van der Waals surface area contributed by atoms with Crippen LogP contribution in [0.15, 0.2) is 93.6 Å². The van der Waals surface area contributed by atoms with Gasteiger partial charge in [0.1, 0.15) is 5.69 Å². The average molecular weight is 511 g/mol. The van der Waals surface area contributed by atoms with Crippen molar-refractivity contribution < 1.29 is 4.52 Å². The molecule has 9 heteroatoms. The van der Waals surface area contributed by atoms with Crippen LogP contribution >= 0.6 is 22.9 Å². The molecule has 6 rings (SSSR count). The SMILES string of the molecule is Cc1ccc(N=Nc2sc(-n3nc4onc(-c5ccccc5)c4c3-c3ccc(Cl)cc3)nc2C)cc1. The number of hydrogen-bond acceptors (Lipinski definition) is 7. The standard InChI is InChI=1S/C27H19ClN6OS/c1-16-8-14-21(15-9-16)30-31-26-17(2)29-27(36-26)34-24(19-10-12-20(28)13-11-19)22-23(33-35-25(22)32-34)18-6-4-3-5-7-18/h3-15H,1-2H3. The van der Waals surface area contributed by atoms with E-state index in [4.69, 9.17) is 26.2 Å². The molecule has 0 N–H and O–H groups in total. The van der Waals surface area contributed by atoms with Crippen molar-refractivity contribution in [3.63, 3.8) is 0 Å². The molecule has 0 saturated carbocycles. The van der Waals surface area contributed by atoms with Crippen LogP contribution in [-0.4, -0.2) is 19.9 Å². The maximum atomic E-state index is 6.19. The van der Waals surface area contributed by atoms with E-state index in [1.165, 1.54) is 16.9 Å². The largest absolute Gasteiger partial charge is 0.334 e. The lowest BCUT2D eigenvalue weighted by molar-refractivity contribution is 0.447. The van der Waals surface area contributed by atoms with Gasteiger partial charge >= 0.3 is 0 Å². The number of rotatable bonds is 5. The fourth-order valence-electron chi connectivity index (χ4n) is 3.89. The summed E-state index contributed by atoms with van der Waals surface area (Å²) in [5.74, 6) is 0. The Morgan fingerprint density at radius 3 is 2.36 bits per heavy atom. The molecule has 0 fully saturated rings. The smallest absolute Gasteiger partial charge is 0.277 e. The highest BCUT2D eigenvalue weighted by molar-refractivity contribution is 7.17. The topological polar surface area (TPSA) is 81.5 Å². The summed E-state index contributed by atoms with van der Waals surface area (Å²) in [6, 6.07) is 25.4. The number of nitrogens with zero attached hydrogens (tertiary/aromatic N) is 6. The lowest BCUT2D eigenvalue weighted by Gasteiger charge is -2.06. The van der Waals surface area contributed by atoms with Gasteiger partial charge in [-0.1, -0.05) is 88.3 Å². The summed E-state index contributed by atoms with van der Waals surface area (Å²) in [4.78, 5) is 4.77. The van der Waals surface area contributed by atoms with Gasteiger partial charge in [-0.15, -0.1) is 15.3 Å². The highest BCUT2D eigenvalue weighted by atomic mass is 35.5. The normalized spacial score (nSPS) is 11.6. The molecule has 0 amide bonds. The monoisotopic (exact) mass is 510 g/mol. The van der Waals surface area contributed by atoms with E-state index in [1.54, 1.807) is 4.68 Å². The Balaban J connectivity index is 1.50. The van der Waals surface area contributed by atoms with Gasteiger partial charge in [-0.2, -0.15) is 0 Å². The Kier molecular flexibility index (Phi) is 5.67. The van der Waals surface area contributed by atoms with Crippen LogP contribution in [0.1, 0.15) is 11.3 Å². The molecule has 3 aromatic carbocycles. The highest BCUT2D eigenvalue weighted by Crippen LogP contribution is 2.40. The molecule has 0 aliphatic rings. The summed E-state index contributed by atoms with van der Waals surface area (Å²) >= 11 is 7.59. The summed E-state index contributed by atoms with van der Waals surface area (Å²) in [5, 5.41) is 20.7. The predicted octanol–water partition coefficient (Wildman–Crippen LogP) is 8.49. The first kappa shape index (κ1) is 22.3. The molecule has 0 spiro atoms. The Labute approximate surface area is 215 Å². The quantitative estimate of drug-likeness (QED) is 0.218. The maximum Gasteiger partial charge on any atom is 0.277 e. The fraction of sp³-hybridized carbons (Fsp3) is 0.0741. The zero-order chi connectivity index (χ0) is 24.6. The summed E-state index contributed by atoms with van der Waals surface area (Å²) < 4.78 is 7.46. The van der Waals surface area contributed by atoms with Crippen molar-refractivity contribution in [2.45, 2.75) is 13.8 Å². The Bertz CT molecular complexity index is 1700. The highest BCUT2D eigenvalue weighted by Gasteiger charge is 2.25. The van der Waals surface area contributed by atoms with Gasteiger partial charge in [-0.05, 0) is 38.1 Å². The molecule has 0 radical (unpaired) electrons.